The molecule has 0 aliphatic carbocycles. The van der Waals surface area contributed by atoms with E-state index in [2.05, 4.69) is 39.9 Å². The molecule has 2 aromatic carbocycles. The molecule has 23 heavy (non-hydrogen) atoms. The highest BCUT2D eigenvalue weighted by Crippen LogP contribution is 2.25. The van der Waals surface area contributed by atoms with Crippen LogP contribution in [0, 0.1) is 17.8 Å². The van der Waals surface area contributed by atoms with Gasteiger partial charge in [0.1, 0.15) is 12.4 Å². The van der Waals surface area contributed by atoms with Gasteiger partial charge in [0.15, 0.2) is 0 Å². The summed E-state index contributed by atoms with van der Waals surface area (Å²) in [6.07, 6.45) is 2.42. The Balaban J connectivity index is 1.67. The maximum Gasteiger partial charge on any atom is 0.121 e. The van der Waals surface area contributed by atoms with Gasteiger partial charge in [0.05, 0.1) is 0 Å². The molecule has 1 saturated heterocycles. The number of hydrogen-bond donors (Lipinski definition) is 0. The maximum atomic E-state index is 5.89. The summed E-state index contributed by atoms with van der Waals surface area (Å²) in [5.41, 5.74) is 2.18. The molecule has 118 valence electrons. The standard InChI is InChI=1S/C20H19BrOS/c21-20-9-8-19(22-15-17-4-2-1-3-5-17)14-18(20)7-6-16-10-12-23-13-11-16/h1-5,8-9,14,16H,10-13,15H2. The zero-order valence-electron chi connectivity index (χ0n) is 12.9. The van der Waals surface area contributed by atoms with Gasteiger partial charge in [-0.3, -0.25) is 0 Å². The third-order valence-electron chi connectivity index (χ3n) is 3.82. The summed E-state index contributed by atoms with van der Waals surface area (Å²) in [6, 6.07) is 16.2. The Morgan fingerprint density at radius 2 is 1.87 bits per heavy atom. The average molecular weight is 387 g/mol. The summed E-state index contributed by atoms with van der Waals surface area (Å²) in [5.74, 6) is 10.6. The minimum absolute atomic E-state index is 0.539. The van der Waals surface area contributed by atoms with E-state index in [1.165, 1.54) is 29.9 Å². The van der Waals surface area contributed by atoms with Gasteiger partial charge in [-0.1, -0.05) is 42.2 Å². The quantitative estimate of drug-likeness (QED) is 0.641. The lowest BCUT2D eigenvalue weighted by Gasteiger charge is -2.15. The van der Waals surface area contributed by atoms with Crippen molar-refractivity contribution in [3.8, 4) is 17.6 Å². The molecule has 3 rings (SSSR count). The molecule has 2 aromatic rings. The Bertz CT molecular complexity index is 697. The van der Waals surface area contributed by atoms with Gasteiger partial charge in [-0.25, -0.2) is 0 Å². The lowest BCUT2D eigenvalue weighted by atomic mass is 10.0. The van der Waals surface area contributed by atoms with Gasteiger partial charge in [0, 0.05) is 16.0 Å². The van der Waals surface area contributed by atoms with Crippen LogP contribution in [0.3, 0.4) is 0 Å². The van der Waals surface area contributed by atoms with E-state index >= 15 is 0 Å². The highest BCUT2D eigenvalue weighted by molar-refractivity contribution is 9.10. The summed E-state index contributed by atoms with van der Waals surface area (Å²) in [4.78, 5) is 0. The van der Waals surface area contributed by atoms with E-state index in [4.69, 9.17) is 4.74 Å². The topological polar surface area (TPSA) is 9.23 Å². The van der Waals surface area contributed by atoms with Crippen LogP contribution >= 0.6 is 27.7 Å². The van der Waals surface area contributed by atoms with Gasteiger partial charge < -0.3 is 4.74 Å². The van der Waals surface area contributed by atoms with Gasteiger partial charge in [-0.05, 0) is 64.0 Å². The SMILES string of the molecule is Brc1ccc(OCc2ccccc2)cc1C#CC1CCSCC1. The van der Waals surface area contributed by atoms with Crippen LogP contribution in [0.15, 0.2) is 53.0 Å². The molecule has 1 aliphatic rings. The first-order valence-electron chi connectivity index (χ1n) is 7.87. The highest BCUT2D eigenvalue weighted by Gasteiger charge is 2.10. The summed E-state index contributed by atoms with van der Waals surface area (Å²) < 4.78 is 6.92. The normalized spacial score (nSPS) is 14.8. The molecule has 1 aliphatic heterocycles. The molecule has 0 spiro atoms. The third kappa shape index (κ3) is 5.06. The lowest BCUT2D eigenvalue weighted by Crippen LogP contribution is -2.06. The van der Waals surface area contributed by atoms with Crippen LogP contribution in [-0.2, 0) is 6.61 Å². The van der Waals surface area contributed by atoms with Crippen molar-refractivity contribution in [3.63, 3.8) is 0 Å². The number of rotatable bonds is 3. The van der Waals surface area contributed by atoms with Crippen LogP contribution in [0.1, 0.15) is 24.0 Å². The fourth-order valence-corrected chi connectivity index (χ4v) is 3.90. The van der Waals surface area contributed by atoms with E-state index in [0.717, 1.165) is 15.8 Å². The first kappa shape index (κ1) is 16.5. The van der Waals surface area contributed by atoms with Gasteiger partial charge in [-0.15, -0.1) is 0 Å². The Labute approximate surface area is 151 Å². The minimum atomic E-state index is 0.539. The fourth-order valence-electron chi connectivity index (χ4n) is 2.45. The predicted octanol–water partition coefficient (Wildman–Crippen LogP) is 5.52. The van der Waals surface area contributed by atoms with Crippen molar-refractivity contribution in [2.24, 2.45) is 5.92 Å². The van der Waals surface area contributed by atoms with E-state index in [9.17, 15) is 0 Å². The van der Waals surface area contributed by atoms with E-state index in [-0.39, 0.29) is 0 Å². The van der Waals surface area contributed by atoms with Crippen molar-refractivity contribution in [1.82, 2.24) is 0 Å². The molecule has 0 unspecified atom stereocenters. The zero-order chi connectivity index (χ0) is 15.9. The molecule has 3 heteroatoms. The van der Waals surface area contributed by atoms with E-state index in [0.29, 0.717) is 12.5 Å². The van der Waals surface area contributed by atoms with Gasteiger partial charge in [-0.2, -0.15) is 11.8 Å². The molecule has 0 bridgehead atoms. The maximum absolute atomic E-state index is 5.89. The number of ether oxygens (including phenoxy) is 1. The van der Waals surface area contributed by atoms with Crippen LogP contribution in [0.25, 0.3) is 0 Å². The molecule has 1 nitrogen and oxygen atoms in total. The summed E-state index contributed by atoms with van der Waals surface area (Å²) in [6.45, 7) is 0.579. The summed E-state index contributed by atoms with van der Waals surface area (Å²) in [5, 5.41) is 0. The van der Waals surface area contributed by atoms with Gasteiger partial charge >= 0.3 is 0 Å². The molecule has 0 saturated carbocycles. The number of thioether (sulfide) groups is 1. The van der Waals surface area contributed by atoms with Gasteiger partial charge in [0.2, 0.25) is 0 Å². The average Bonchev–Trinajstić information content (AvgIpc) is 2.62. The zero-order valence-corrected chi connectivity index (χ0v) is 15.3. The summed E-state index contributed by atoms with van der Waals surface area (Å²) in [7, 11) is 0. The van der Waals surface area contributed by atoms with E-state index in [1.54, 1.807) is 0 Å². The van der Waals surface area contributed by atoms with Crippen LogP contribution in [-0.4, -0.2) is 11.5 Å². The molecule has 1 fully saturated rings. The lowest BCUT2D eigenvalue weighted by molar-refractivity contribution is 0.306. The van der Waals surface area contributed by atoms with Crippen molar-refractivity contribution in [1.29, 1.82) is 0 Å². The Morgan fingerprint density at radius 3 is 2.65 bits per heavy atom. The molecule has 0 amide bonds. The molecular formula is C20H19BrOS. The second-order valence-corrected chi connectivity index (χ2v) is 7.65. The smallest absolute Gasteiger partial charge is 0.121 e. The minimum Gasteiger partial charge on any atom is -0.489 e. The second kappa shape index (κ2) is 8.47. The number of hydrogen-bond acceptors (Lipinski definition) is 2. The van der Waals surface area contributed by atoms with Crippen molar-refractivity contribution in [2.45, 2.75) is 19.4 Å². The van der Waals surface area contributed by atoms with Gasteiger partial charge in [0.25, 0.3) is 0 Å². The molecule has 0 aromatic heterocycles. The molecule has 0 N–H and O–H groups in total. The third-order valence-corrected chi connectivity index (χ3v) is 5.56. The Kier molecular flexibility index (Phi) is 6.07. The monoisotopic (exact) mass is 386 g/mol. The van der Waals surface area contributed by atoms with E-state index < -0.39 is 0 Å². The van der Waals surface area contributed by atoms with Crippen molar-refractivity contribution in [3.05, 3.63) is 64.1 Å². The summed E-state index contributed by atoms with van der Waals surface area (Å²) >= 11 is 5.62. The van der Waals surface area contributed by atoms with Crippen LogP contribution in [0.5, 0.6) is 5.75 Å². The molecular weight excluding hydrogens is 368 g/mol. The number of halogens is 1. The first-order valence-corrected chi connectivity index (χ1v) is 9.81. The number of benzene rings is 2. The highest BCUT2D eigenvalue weighted by atomic mass is 79.9. The van der Waals surface area contributed by atoms with E-state index in [1.807, 2.05) is 48.2 Å². The molecule has 1 heterocycles. The largest absolute Gasteiger partial charge is 0.489 e. The fraction of sp³-hybridized carbons (Fsp3) is 0.300. The second-order valence-electron chi connectivity index (χ2n) is 5.57. The van der Waals surface area contributed by atoms with Crippen molar-refractivity contribution < 1.29 is 4.74 Å². The Morgan fingerprint density at radius 1 is 1.09 bits per heavy atom. The van der Waals surface area contributed by atoms with Crippen molar-refractivity contribution >= 4 is 27.7 Å². The van der Waals surface area contributed by atoms with Crippen LogP contribution in [0.4, 0.5) is 0 Å². The predicted molar refractivity (Wildman–Crippen MR) is 102 cm³/mol. The Hall–Kier alpha value is -1.37. The van der Waals surface area contributed by atoms with Crippen LogP contribution < -0.4 is 4.74 Å². The molecule has 0 atom stereocenters. The van der Waals surface area contributed by atoms with Crippen molar-refractivity contribution in [2.75, 3.05) is 11.5 Å². The molecule has 0 radical (unpaired) electrons. The first-order chi connectivity index (χ1) is 11.3. The van der Waals surface area contributed by atoms with Crippen LogP contribution in [0.2, 0.25) is 0 Å².